The number of aromatic nitrogens is 2. The molecule has 4 rings (SSSR count). The fourth-order valence-corrected chi connectivity index (χ4v) is 4.52. The van der Waals surface area contributed by atoms with Gasteiger partial charge in [-0.1, -0.05) is 19.9 Å². The fourth-order valence-electron chi connectivity index (χ4n) is 4.52. The summed E-state index contributed by atoms with van der Waals surface area (Å²) in [6.07, 6.45) is 2.00. The van der Waals surface area contributed by atoms with Crippen LogP contribution in [0.3, 0.4) is 0 Å². The van der Waals surface area contributed by atoms with E-state index >= 15 is 4.39 Å². The summed E-state index contributed by atoms with van der Waals surface area (Å²) in [5.74, 6) is 0.493. The first kappa shape index (κ1) is 18.2. The predicted molar refractivity (Wildman–Crippen MR) is 110 cm³/mol. The number of nitrogens with zero attached hydrogens (tertiary/aromatic N) is 1. The van der Waals surface area contributed by atoms with E-state index < -0.39 is 0 Å². The number of pyridine rings is 1. The highest BCUT2D eigenvalue weighted by molar-refractivity contribution is 5.92. The van der Waals surface area contributed by atoms with E-state index in [9.17, 15) is 0 Å². The van der Waals surface area contributed by atoms with Crippen molar-refractivity contribution in [3.63, 3.8) is 0 Å². The van der Waals surface area contributed by atoms with E-state index in [4.69, 9.17) is 0 Å². The number of H-pyrrole nitrogens is 1. The molecule has 0 bridgehead atoms. The first-order valence-electron chi connectivity index (χ1n) is 9.96. The Morgan fingerprint density at radius 3 is 2.37 bits per heavy atom. The van der Waals surface area contributed by atoms with Crippen LogP contribution < -0.4 is 5.32 Å². The van der Waals surface area contributed by atoms with Crippen LogP contribution >= 0.6 is 0 Å². The Morgan fingerprint density at radius 1 is 1.07 bits per heavy atom. The molecule has 1 saturated heterocycles. The summed E-state index contributed by atoms with van der Waals surface area (Å²) in [4.78, 5) is 7.99. The highest BCUT2D eigenvalue weighted by Gasteiger charge is 2.25. The Hall–Kier alpha value is -2.20. The summed E-state index contributed by atoms with van der Waals surface area (Å²) in [7, 11) is 0. The molecule has 3 heterocycles. The van der Waals surface area contributed by atoms with Gasteiger partial charge in [-0.3, -0.25) is 4.98 Å². The van der Waals surface area contributed by atoms with Crippen LogP contribution in [0.25, 0.3) is 22.2 Å². The van der Waals surface area contributed by atoms with Crippen molar-refractivity contribution in [2.45, 2.75) is 52.4 Å². The number of benzene rings is 1. The van der Waals surface area contributed by atoms with E-state index in [-0.39, 0.29) is 11.7 Å². The molecule has 4 heteroatoms. The molecule has 0 unspecified atom stereocenters. The van der Waals surface area contributed by atoms with E-state index in [0.29, 0.717) is 5.92 Å². The Kier molecular flexibility index (Phi) is 4.77. The molecule has 0 spiro atoms. The van der Waals surface area contributed by atoms with Gasteiger partial charge < -0.3 is 10.3 Å². The molecule has 142 valence electrons. The van der Waals surface area contributed by atoms with Crippen molar-refractivity contribution in [2.24, 2.45) is 0 Å². The number of hydrogen-bond acceptors (Lipinski definition) is 2. The first-order valence-corrected chi connectivity index (χ1v) is 9.96. The number of aromatic amines is 1. The van der Waals surface area contributed by atoms with Gasteiger partial charge in [0.2, 0.25) is 0 Å². The highest BCUT2D eigenvalue weighted by atomic mass is 19.1. The molecule has 0 radical (unpaired) electrons. The minimum absolute atomic E-state index is 0.0342. The zero-order valence-electron chi connectivity index (χ0n) is 16.6. The predicted octanol–water partition coefficient (Wildman–Crippen LogP) is 5.58. The van der Waals surface area contributed by atoms with Crippen LogP contribution in [0.5, 0.6) is 0 Å². The van der Waals surface area contributed by atoms with Crippen molar-refractivity contribution in [1.29, 1.82) is 0 Å². The van der Waals surface area contributed by atoms with E-state index in [2.05, 4.69) is 47.3 Å². The second-order valence-corrected chi connectivity index (χ2v) is 8.12. The summed E-state index contributed by atoms with van der Waals surface area (Å²) >= 11 is 0. The van der Waals surface area contributed by atoms with Crippen LogP contribution in [0.15, 0.2) is 24.3 Å². The van der Waals surface area contributed by atoms with Gasteiger partial charge in [-0.15, -0.1) is 0 Å². The van der Waals surface area contributed by atoms with E-state index in [0.717, 1.165) is 70.6 Å². The lowest BCUT2D eigenvalue weighted by molar-refractivity contribution is 0.446. The topological polar surface area (TPSA) is 40.7 Å². The largest absolute Gasteiger partial charge is 0.354 e. The molecule has 27 heavy (non-hydrogen) atoms. The van der Waals surface area contributed by atoms with Gasteiger partial charge in [0.05, 0.1) is 5.69 Å². The zero-order valence-corrected chi connectivity index (χ0v) is 16.6. The van der Waals surface area contributed by atoms with Crippen LogP contribution in [0.1, 0.15) is 61.0 Å². The lowest BCUT2D eigenvalue weighted by Gasteiger charge is -2.23. The van der Waals surface area contributed by atoms with Gasteiger partial charge >= 0.3 is 0 Å². The van der Waals surface area contributed by atoms with Crippen molar-refractivity contribution in [2.75, 3.05) is 13.1 Å². The fraction of sp³-hybridized carbons (Fsp3) is 0.435. The summed E-state index contributed by atoms with van der Waals surface area (Å²) in [6.45, 7) is 10.2. The SMILES string of the molecule is Cc1cc(-c2[nH]c3ccc(C4CCNCC4)c(F)c3c2C(C)C)cc(C)n1. The maximum Gasteiger partial charge on any atom is 0.136 e. The Bertz CT molecular complexity index is 961. The quantitative estimate of drug-likeness (QED) is 0.636. The zero-order chi connectivity index (χ0) is 19.1. The molecule has 0 aliphatic carbocycles. The Balaban J connectivity index is 1.93. The summed E-state index contributed by atoms with van der Waals surface area (Å²) in [6, 6.07) is 8.21. The second kappa shape index (κ2) is 7.08. The molecular formula is C23H28FN3. The van der Waals surface area contributed by atoms with Crippen molar-refractivity contribution >= 4 is 10.9 Å². The molecule has 0 atom stereocenters. The van der Waals surface area contributed by atoms with Gasteiger partial charge in [-0.25, -0.2) is 4.39 Å². The smallest absolute Gasteiger partial charge is 0.136 e. The summed E-state index contributed by atoms with van der Waals surface area (Å²) in [5.41, 5.74) is 6.90. The number of hydrogen-bond donors (Lipinski definition) is 2. The first-order chi connectivity index (χ1) is 13.0. The van der Waals surface area contributed by atoms with Crippen molar-refractivity contribution < 1.29 is 4.39 Å². The third-order valence-corrected chi connectivity index (χ3v) is 5.70. The van der Waals surface area contributed by atoms with Gasteiger partial charge in [0.1, 0.15) is 5.82 Å². The van der Waals surface area contributed by atoms with Gasteiger partial charge in [-0.2, -0.15) is 0 Å². The van der Waals surface area contributed by atoms with Crippen molar-refractivity contribution in [3.05, 3.63) is 52.6 Å². The summed E-state index contributed by atoms with van der Waals surface area (Å²) in [5, 5.41) is 4.14. The molecule has 1 aromatic carbocycles. The van der Waals surface area contributed by atoms with E-state index in [1.165, 1.54) is 0 Å². The minimum Gasteiger partial charge on any atom is -0.354 e. The molecule has 1 fully saturated rings. The van der Waals surface area contributed by atoms with E-state index in [1.54, 1.807) is 0 Å². The molecule has 1 aliphatic heterocycles. The minimum atomic E-state index is -0.0342. The molecule has 0 amide bonds. The average molecular weight is 365 g/mol. The molecule has 3 aromatic rings. The van der Waals surface area contributed by atoms with Gasteiger partial charge in [-0.05, 0) is 80.9 Å². The van der Waals surface area contributed by atoms with Gasteiger partial charge in [0.25, 0.3) is 0 Å². The second-order valence-electron chi connectivity index (χ2n) is 8.12. The number of rotatable bonds is 3. The van der Waals surface area contributed by atoms with Crippen LogP contribution in [-0.2, 0) is 0 Å². The lowest BCUT2D eigenvalue weighted by Crippen LogP contribution is -2.27. The van der Waals surface area contributed by atoms with Gasteiger partial charge in [0, 0.05) is 27.9 Å². The Morgan fingerprint density at radius 2 is 1.74 bits per heavy atom. The normalized spacial score (nSPS) is 15.8. The molecule has 2 aromatic heterocycles. The van der Waals surface area contributed by atoms with Crippen molar-refractivity contribution in [3.8, 4) is 11.3 Å². The average Bonchev–Trinajstić information content (AvgIpc) is 3.03. The number of halogens is 1. The Labute approximate surface area is 160 Å². The van der Waals surface area contributed by atoms with Gasteiger partial charge in [0.15, 0.2) is 0 Å². The summed E-state index contributed by atoms with van der Waals surface area (Å²) < 4.78 is 15.7. The highest BCUT2D eigenvalue weighted by Crippen LogP contribution is 2.40. The van der Waals surface area contributed by atoms with Crippen LogP contribution in [-0.4, -0.2) is 23.1 Å². The maximum atomic E-state index is 15.7. The number of fused-ring (bicyclic) bond motifs is 1. The van der Waals surface area contributed by atoms with Crippen molar-refractivity contribution in [1.82, 2.24) is 15.3 Å². The maximum absolute atomic E-state index is 15.7. The van der Waals surface area contributed by atoms with Crippen LogP contribution in [0, 0.1) is 19.7 Å². The monoisotopic (exact) mass is 365 g/mol. The number of nitrogens with one attached hydrogen (secondary N) is 2. The molecule has 0 saturated carbocycles. The third-order valence-electron chi connectivity index (χ3n) is 5.70. The molecular weight excluding hydrogens is 337 g/mol. The molecule has 1 aliphatic rings. The standard InChI is InChI=1S/C23H28FN3/c1-13(2)20-21-19(27-23(20)17-11-14(3)26-15(4)12-17)6-5-18(22(21)24)16-7-9-25-10-8-16/h5-6,11-13,16,25,27H,7-10H2,1-4H3. The number of piperidine rings is 1. The van der Waals surface area contributed by atoms with E-state index in [1.807, 2.05) is 19.9 Å². The third kappa shape index (κ3) is 3.27. The molecule has 2 N–H and O–H groups in total. The lowest BCUT2D eigenvalue weighted by atomic mass is 9.87. The van der Waals surface area contributed by atoms with Crippen LogP contribution in [0.2, 0.25) is 0 Å². The number of aryl methyl sites for hydroxylation is 2. The molecule has 3 nitrogen and oxygen atoms in total. The van der Waals surface area contributed by atoms with Crippen LogP contribution in [0.4, 0.5) is 4.39 Å².